The number of aliphatic hydroxyl groups is 1. The van der Waals surface area contributed by atoms with Crippen LogP contribution in [0.2, 0.25) is 0 Å². The number of nitrogens with zero attached hydrogens (tertiary/aromatic N) is 2. The Morgan fingerprint density at radius 2 is 2.00 bits per heavy atom. The van der Waals surface area contributed by atoms with Gasteiger partial charge in [0.05, 0.1) is 11.1 Å². The zero-order valence-electron chi connectivity index (χ0n) is 11.5. The molecule has 1 N–H and O–H groups in total. The predicted octanol–water partition coefficient (Wildman–Crippen LogP) is 2.48. The van der Waals surface area contributed by atoms with Gasteiger partial charge in [-0.2, -0.15) is 0 Å². The van der Waals surface area contributed by atoms with Gasteiger partial charge in [0.15, 0.2) is 0 Å². The third-order valence-corrected chi connectivity index (χ3v) is 4.76. The summed E-state index contributed by atoms with van der Waals surface area (Å²) in [6.07, 6.45) is 2.18. The van der Waals surface area contributed by atoms with Crippen molar-refractivity contribution >= 4 is 11.3 Å². The summed E-state index contributed by atoms with van der Waals surface area (Å²) in [5.41, 5.74) is 0.903. The van der Waals surface area contributed by atoms with Gasteiger partial charge in [0.1, 0.15) is 0 Å². The number of aryl methyl sites for hydroxylation is 1. The lowest BCUT2D eigenvalue weighted by Gasteiger charge is -2.42. The van der Waals surface area contributed by atoms with E-state index >= 15 is 0 Å². The minimum atomic E-state index is -0.363. The maximum Gasteiger partial charge on any atom is 0.0954 e. The molecule has 0 aliphatic rings. The van der Waals surface area contributed by atoms with Crippen LogP contribution in [0.25, 0.3) is 0 Å². The van der Waals surface area contributed by atoms with E-state index in [0.717, 1.165) is 23.5 Å². The van der Waals surface area contributed by atoms with Crippen LogP contribution in [0.1, 0.15) is 37.4 Å². The van der Waals surface area contributed by atoms with Crippen LogP contribution in [-0.2, 0) is 6.42 Å². The Labute approximate surface area is 108 Å². The van der Waals surface area contributed by atoms with Gasteiger partial charge in [-0.25, -0.2) is 4.98 Å². The van der Waals surface area contributed by atoms with E-state index in [1.807, 2.05) is 26.4 Å². The van der Waals surface area contributed by atoms with Crippen molar-refractivity contribution in [2.75, 3.05) is 14.1 Å². The number of likely N-dealkylation sites (N-methyl/N-ethyl adjacent to an activating group) is 1. The Kier molecular flexibility index (Phi) is 5.10. The van der Waals surface area contributed by atoms with Crippen molar-refractivity contribution in [2.45, 2.75) is 51.7 Å². The van der Waals surface area contributed by atoms with E-state index in [4.69, 9.17) is 0 Å². The van der Waals surface area contributed by atoms with Gasteiger partial charge in [-0.3, -0.25) is 0 Å². The smallest absolute Gasteiger partial charge is 0.0954 e. The van der Waals surface area contributed by atoms with E-state index in [1.165, 1.54) is 0 Å². The summed E-state index contributed by atoms with van der Waals surface area (Å²) >= 11 is 1.64. The fourth-order valence-electron chi connectivity index (χ4n) is 2.50. The molecule has 0 amide bonds. The van der Waals surface area contributed by atoms with Crippen LogP contribution in [0.3, 0.4) is 0 Å². The molecule has 0 bridgehead atoms. The van der Waals surface area contributed by atoms with Crippen LogP contribution in [0.5, 0.6) is 0 Å². The average Bonchev–Trinajstić information content (AvgIpc) is 2.66. The summed E-state index contributed by atoms with van der Waals surface area (Å²) in [5.74, 6) is 0. The first-order valence-electron chi connectivity index (χ1n) is 6.22. The van der Waals surface area contributed by atoms with Crippen molar-refractivity contribution in [1.82, 2.24) is 9.88 Å². The van der Waals surface area contributed by atoms with Crippen LogP contribution in [0, 0.1) is 6.92 Å². The molecule has 0 aromatic carbocycles. The molecule has 1 atom stereocenters. The first kappa shape index (κ1) is 14.6. The molecule has 98 valence electrons. The van der Waals surface area contributed by atoms with E-state index in [1.54, 1.807) is 11.3 Å². The predicted molar refractivity (Wildman–Crippen MR) is 73.6 cm³/mol. The first-order valence-corrected chi connectivity index (χ1v) is 7.10. The lowest BCUT2D eigenvalue weighted by atomic mass is 9.83. The molecular weight excluding hydrogens is 232 g/mol. The molecular formula is C13H24N2OS. The van der Waals surface area contributed by atoms with Gasteiger partial charge in [0.25, 0.3) is 0 Å². The number of hydrogen-bond donors (Lipinski definition) is 1. The second kappa shape index (κ2) is 5.94. The molecule has 0 spiro atoms. The second-order valence-electron chi connectivity index (χ2n) is 4.81. The topological polar surface area (TPSA) is 36.4 Å². The maximum absolute atomic E-state index is 10.5. The Morgan fingerprint density at radius 1 is 1.41 bits per heavy atom. The third kappa shape index (κ3) is 3.06. The highest BCUT2D eigenvalue weighted by molar-refractivity contribution is 7.09. The summed E-state index contributed by atoms with van der Waals surface area (Å²) in [6.45, 7) is 6.27. The summed E-state index contributed by atoms with van der Waals surface area (Å²) < 4.78 is 0. The summed E-state index contributed by atoms with van der Waals surface area (Å²) in [5, 5.41) is 13.6. The number of rotatable bonds is 6. The minimum Gasteiger partial charge on any atom is -0.391 e. The zero-order chi connectivity index (χ0) is 13.1. The van der Waals surface area contributed by atoms with Gasteiger partial charge in [0.2, 0.25) is 0 Å². The molecule has 1 rings (SSSR count). The van der Waals surface area contributed by atoms with Crippen molar-refractivity contribution < 1.29 is 5.11 Å². The molecule has 17 heavy (non-hydrogen) atoms. The van der Waals surface area contributed by atoms with E-state index in [2.05, 4.69) is 23.7 Å². The van der Waals surface area contributed by atoms with Gasteiger partial charge < -0.3 is 10.0 Å². The van der Waals surface area contributed by atoms with E-state index in [-0.39, 0.29) is 11.6 Å². The Balaban J connectivity index is 2.82. The van der Waals surface area contributed by atoms with Crippen LogP contribution in [0.4, 0.5) is 0 Å². The number of hydrogen-bond acceptors (Lipinski definition) is 4. The monoisotopic (exact) mass is 256 g/mol. The zero-order valence-corrected chi connectivity index (χ0v) is 12.3. The molecule has 0 saturated carbocycles. The first-order chi connectivity index (χ1) is 7.96. The second-order valence-corrected chi connectivity index (χ2v) is 5.75. The number of thiazole rings is 1. The van der Waals surface area contributed by atoms with Crippen LogP contribution in [-0.4, -0.2) is 40.7 Å². The molecule has 1 unspecified atom stereocenters. The lowest BCUT2D eigenvalue weighted by Crippen LogP contribution is -2.53. The summed E-state index contributed by atoms with van der Waals surface area (Å²) in [4.78, 5) is 6.58. The average molecular weight is 256 g/mol. The highest BCUT2D eigenvalue weighted by Gasteiger charge is 2.37. The van der Waals surface area contributed by atoms with Crippen molar-refractivity contribution in [2.24, 2.45) is 0 Å². The molecule has 3 nitrogen and oxygen atoms in total. The SMILES string of the molecule is CCC(CC)(C(O)Cc1nc(C)cs1)N(C)C. The summed E-state index contributed by atoms with van der Waals surface area (Å²) in [6, 6.07) is 0. The van der Waals surface area contributed by atoms with Crippen LogP contribution >= 0.6 is 11.3 Å². The molecule has 0 fully saturated rings. The molecule has 4 heteroatoms. The Morgan fingerprint density at radius 3 is 2.35 bits per heavy atom. The van der Waals surface area contributed by atoms with Gasteiger partial charge in [-0.1, -0.05) is 13.8 Å². The third-order valence-electron chi connectivity index (χ3n) is 3.77. The van der Waals surface area contributed by atoms with Crippen molar-refractivity contribution in [3.8, 4) is 0 Å². The number of aromatic nitrogens is 1. The largest absolute Gasteiger partial charge is 0.391 e. The molecule has 1 heterocycles. The quantitative estimate of drug-likeness (QED) is 0.849. The van der Waals surface area contributed by atoms with Gasteiger partial charge in [-0.05, 0) is 33.9 Å². The Bertz CT molecular complexity index is 345. The van der Waals surface area contributed by atoms with Gasteiger partial charge >= 0.3 is 0 Å². The molecule has 1 aromatic rings. The fraction of sp³-hybridized carbons (Fsp3) is 0.769. The highest BCUT2D eigenvalue weighted by atomic mass is 32.1. The maximum atomic E-state index is 10.5. The standard InChI is InChI=1S/C13H24N2OS/c1-6-13(7-2,15(4)5)11(16)8-12-14-10(3)9-17-12/h9,11,16H,6-8H2,1-5H3. The number of aliphatic hydroxyl groups excluding tert-OH is 1. The van der Waals surface area contributed by atoms with Gasteiger partial charge in [-0.15, -0.1) is 11.3 Å². The van der Waals surface area contributed by atoms with Crippen LogP contribution in [0.15, 0.2) is 5.38 Å². The minimum absolute atomic E-state index is 0.139. The van der Waals surface area contributed by atoms with E-state index in [9.17, 15) is 5.11 Å². The molecule has 0 saturated heterocycles. The van der Waals surface area contributed by atoms with E-state index in [0.29, 0.717) is 6.42 Å². The molecule has 0 aliphatic heterocycles. The molecule has 0 aliphatic carbocycles. The van der Waals surface area contributed by atoms with Crippen molar-refractivity contribution in [1.29, 1.82) is 0 Å². The molecule has 0 radical (unpaired) electrons. The van der Waals surface area contributed by atoms with Gasteiger partial charge in [0, 0.05) is 23.0 Å². The fourth-order valence-corrected chi connectivity index (χ4v) is 3.31. The normalized spacial score (nSPS) is 14.3. The highest BCUT2D eigenvalue weighted by Crippen LogP contribution is 2.28. The lowest BCUT2D eigenvalue weighted by molar-refractivity contribution is -0.0126. The summed E-state index contributed by atoms with van der Waals surface area (Å²) in [7, 11) is 4.09. The van der Waals surface area contributed by atoms with E-state index < -0.39 is 0 Å². The Hall–Kier alpha value is -0.450. The van der Waals surface area contributed by atoms with Crippen LogP contribution < -0.4 is 0 Å². The molecule has 1 aromatic heterocycles. The van der Waals surface area contributed by atoms with Crippen molar-refractivity contribution in [3.05, 3.63) is 16.1 Å². The van der Waals surface area contributed by atoms with Crippen molar-refractivity contribution in [3.63, 3.8) is 0 Å².